The van der Waals surface area contributed by atoms with E-state index in [0.717, 1.165) is 11.3 Å². The van der Waals surface area contributed by atoms with Gasteiger partial charge in [-0.3, -0.25) is 10.1 Å². The smallest absolute Gasteiger partial charge is 0.124 e. The molecule has 0 saturated heterocycles. The first kappa shape index (κ1) is 11.3. The van der Waals surface area contributed by atoms with E-state index in [1.165, 1.54) is 12.1 Å². The van der Waals surface area contributed by atoms with Crippen molar-refractivity contribution in [2.45, 2.75) is 13.5 Å². The van der Waals surface area contributed by atoms with Gasteiger partial charge >= 0.3 is 0 Å². The molecule has 1 aromatic heterocycles. The van der Waals surface area contributed by atoms with Crippen LogP contribution in [0.25, 0.3) is 0 Å². The molecule has 0 atom stereocenters. The first-order chi connectivity index (χ1) is 8.06. The third kappa shape index (κ3) is 2.50. The Morgan fingerprint density at radius 3 is 2.82 bits per heavy atom. The molecule has 0 bridgehead atoms. The summed E-state index contributed by atoms with van der Waals surface area (Å²) in [4.78, 5) is 0. The predicted octanol–water partition coefficient (Wildman–Crippen LogP) is 1.66. The van der Waals surface area contributed by atoms with Crippen LogP contribution in [0.4, 0.5) is 4.39 Å². The fraction of sp³-hybridized carbons (Fsp3) is 0.167. The average molecular weight is 232 g/mol. The largest absolute Gasteiger partial charge is 0.384 e. The highest BCUT2D eigenvalue weighted by Crippen LogP contribution is 2.11. The van der Waals surface area contributed by atoms with Gasteiger partial charge in [-0.15, -0.1) is 0 Å². The summed E-state index contributed by atoms with van der Waals surface area (Å²) in [6.07, 6.45) is 1.69. The molecule has 2 aromatic rings. The monoisotopic (exact) mass is 232 g/mol. The second-order valence-electron chi connectivity index (χ2n) is 3.89. The molecule has 0 amide bonds. The SMILES string of the molecule is Cc1ccnn1Cc1cc(F)cc(C(=N)N)c1. The van der Waals surface area contributed by atoms with E-state index in [0.29, 0.717) is 12.1 Å². The van der Waals surface area contributed by atoms with Crippen LogP contribution in [0.3, 0.4) is 0 Å². The summed E-state index contributed by atoms with van der Waals surface area (Å²) in [6, 6.07) is 6.26. The maximum absolute atomic E-state index is 13.3. The number of halogens is 1. The normalized spacial score (nSPS) is 10.5. The zero-order valence-corrected chi connectivity index (χ0v) is 9.44. The Morgan fingerprint density at radius 2 is 2.24 bits per heavy atom. The quantitative estimate of drug-likeness (QED) is 0.624. The molecule has 0 saturated carbocycles. The van der Waals surface area contributed by atoms with Gasteiger partial charge in [0.2, 0.25) is 0 Å². The van der Waals surface area contributed by atoms with Gasteiger partial charge in [0.05, 0.1) is 6.54 Å². The van der Waals surface area contributed by atoms with Crippen LogP contribution in [0.1, 0.15) is 16.8 Å². The molecule has 5 heteroatoms. The topological polar surface area (TPSA) is 67.7 Å². The lowest BCUT2D eigenvalue weighted by Gasteiger charge is -2.07. The Bertz CT molecular complexity index is 559. The first-order valence-electron chi connectivity index (χ1n) is 5.18. The summed E-state index contributed by atoms with van der Waals surface area (Å²) in [5.41, 5.74) is 7.48. The number of nitrogen functional groups attached to an aromatic ring is 1. The average Bonchev–Trinajstić information content (AvgIpc) is 2.63. The highest BCUT2D eigenvalue weighted by Gasteiger charge is 2.05. The Morgan fingerprint density at radius 1 is 1.47 bits per heavy atom. The van der Waals surface area contributed by atoms with Crippen LogP contribution < -0.4 is 5.73 Å². The predicted molar refractivity (Wildman–Crippen MR) is 63.5 cm³/mol. The molecule has 4 nitrogen and oxygen atoms in total. The number of nitrogens with zero attached hydrogens (tertiary/aromatic N) is 2. The molecule has 0 radical (unpaired) electrons. The molecule has 0 aliphatic heterocycles. The van der Waals surface area contributed by atoms with Gasteiger partial charge in [-0.25, -0.2) is 4.39 Å². The van der Waals surface area contributed by atoms with Crippen molar-refractivity contribution in [2.75, 3.05) is 0 Å². The number of amidine groups is 1. The van der Waals surface area contributed by atoms with Gasteiger partial charge in [0.1, 0.15) is 11.7 Å². The van der Waals surface area contributed by atoms with E-state index in [2.05, 4.69) is 5.10 Å². The number of aryl methyl sites for hydroxylation is 1. The molecule has 1 aromatic carbocycles. The van der Waals surface area contributed by atoms with Crippen molar-refractivity contribution in [3.05, 3.63) is 53.1 Å². The maximum atomic E-state index is 13.3. The van der Waals surface area contributed by atoms with Crippen molar-refractivity contribution in [1.82, 2.24) is 9.78 Å². The molecule has 0 fully saturated rings. The number of benzene rings is 1. The van der Waals surface area contributed by atoms with Crippen molar-refractivity contribution in [1.29, 1.82) is 5.41 Å². The summed E-state index contributed by atoms with van der Waals surface area (Å²) < 4.78 is 15.1. The Labute approximate surface area is 98.4 Å². The van der Waals surface area contributed by atoms with Crippen molar-refractivity contribution in [3.63, 3.8) is 0 Å². The molecule has 17 heavy (non-hydrogen) atoms. The Kier molecular flexibility index (Phi) is 2.91. The van der Waals surface area contributed by atoms with E-state index >= 15 is 0 Å². The van der Waals surface area contributed by atoms with E-state index in [4.69, 9.17) is 11.1 Å². The van der Waals surface area contributed by atoms with E-state index < -0.39 is 5.82 Å². The highest BCUT2D eigenvalue weighted by atomic mass is 19.1. The number of nitrogens with two attached hydrogens (primary N) is 1. The minimum Gasteiger partial charge on any atom is -0.384 e. The van der Waals surface area contributed by atoms with E-state index in [1.54, 1.807) is 16.9 Å². The molecule has 0 unspecified atom stereocenters. The van der Waals surface area contributed by atoms with Crippen molar-refractivity contribution < 1.29 is 4.39 Å². The Hall–Kier alpha value is -2.17. The lowest BCUT2D eigenvalue weighted by Crippen LogP contribution is -2.12. The van der Waals surface area contributed by atoms with Crippen molar-refractivity contribution >= 4 is 5.84 Å². The van der Waals surface area contributed by atoms with E-state index in [9.17, 15) is 4.39 Å². The van der Waals surface area contributed by atoms with Gasteiger partial charge in [-0.05, 0) is 36.8 Å². The van der Waals surface area contributed by atoms with Gasteiger partial charge in [0.15, 0.2) is 0 Å². The summed E-state index contributed by atoms with van der Waals surface area (Å²) in [7, 11) is 0. The molecule has 1 heterocycles. The van der Waals surface area contributed by atoms with Crippen LogP contribution >= 0.6 is 0 Å². The van der Waals surface area contributed by atoms with Gasteiger partial charge < -0.3 is 5.73 Å². The summed E-state index contributed by atoms with van der Waals surface area (Å²) in [6.45, 7) is 2.40. The molecule has 2 rings (SSSR count). The van der Waals surface area contributed by atoms with E-state index in [-0.39, 0.29) is 5.84 Å². The fourth-order valence-electron chi connectivity index (χ4n) is 1.63. The standard InChI is InChI=1S/C12H13FN4/c1-8-2-3-16-17(8)7-9-4-10(12(14)15)6-11(13)5-9/h2-6H,7H2,1H3,(H3,14,15). The third-order valence-electron chi connectivity index (χ3n) is 2.53. The van der Waals surface area contributed by atoms with Crippen molar-refractivity contribution in [3.8, 4) is 0 Å². The van der Waals surface area contributed by atoms with Crippen molar-refractivity contribution in [2.24, 2.45) is 5.73 Å². The highest BCUT2D eigenvalue weighted by molar-refractivity contribution is 5.95. The lowest BCUT2D eigenvalue weighted by atomic mass is 10.1. The number of nitrogens with one attached hydrogen (secondary N) is 1. The second kappa shape index (κ2) is 4.37. The number of hydrogen-bond donors (Lipinski definition) is 2. The molecular formula is C12H13FN4. The molecular weight excluding hydrogens is 219 g/mol. The van der Waals surface area contributed by atoms with Gasteiger partial charge in [-0.2, -0.15) is 5.10 Å². The summed E-state index contributed by atoms with van der Waals surface area (Å²) in [5.74, 6) is -0.527. The molecule has 0 aliphatic rings. The van der Waals surface area contributed by atoms with Crippen LogP contribution in [0.2, 0.25) is 0 Å². The maximum Gasteiger partial charge on any atom is 0.124 e. The minimum atomic E-state index is -0.391. The Balaban J connectivity index is 2.33. The number of aromatic nitrogens is 2. The zero-order chi connectivity index (χ0) is 12.4. The molecule has 0 aliphatic carbocycles. The van der Waals surface area contributed by atoms with Crippen LogP contribution in [0, 0.1) is 18.2 Å². The minimum absolute atomic E-state index is 0.136. The molecule has 0 spiro atoms. The van der Waals surface area contributed by atoms with Gasteiger partial charge in [0, 0.05) is 17.5 Å². The van der Waals surface area contributed by atoms with Gasteiger partial charge in [-0.1, -0.05) is 0 Å². The van der Waals surface area contributed by atoms with Gasteiger partial charge in [0.25, 0.3) is 0 Å². The van der Waals surface area contributed by atoms with Crippen LogP contribution in [0.15, 0.2) is 30.5 Å². The number of rotatable bonds is 3. The second-order valence-corrected chi connectivity index (χ2v) is 3.89. The number of hydrogen-bond acceptors (Lipinski definition) is 2. The van der Waals surface area contributed by atoms with Crippen LogP contribution in [-0.2, 0) is 6.54 Å². The lowest BCUT2D eigenvalue weighted by molar-refractivity contribution is 0.616. The molecule has 88 valence electrons. The fourth-order valence-corrected chi connectivity index (χ4v) is 1.63. The van der Waals surface area contributed by atoms with Crippen LogP contribution in [-0.4, -0.2) is 15.6 Å². The van der Waals surface area contributed by atoms with Crippen LogP contribution in [0.5, 0.6) is 0 Å². The summed E-state index contributed by atoms with van der Waals surface area (Å²) >= 11 is 0. The van der Waals surface area contributed by atoms with E-state index in [1.807, 2.05) is 13.0 Å². The third-order valence-corrected chi connectivity index (χ3v) is 2.53. The molecule has 3 N–H and O–H groups in total. The zero-order valence-electron chi connectivity index (χ0n) is 9.44. The first-order valence-corrected chi connectivity index (χ1v) is 5.18. The summed E-state index contributed by atoms with van der Waals surface area (Å²) in [5, 5.41) is 11.4.